The fourth-order valence-corrected chi connectivity index (χ4v) is 4.12. The van der Waals surface area contributed by atoms with Crippen molar-refractivity contribution >= 4 is 23.6 Å². The molecule has 3 N–H and O–H groups in total. The van der Waals surface area contributed by atoms with Crippen LogP contribution in [0.5, 0.6) is 0 Å². The first-order valence-corrected chi connectivity index (χ1v) is 10.2. The number of rotatable bonds is 7. The third-order valence-corrected chi connectivity index (χ3v) is 5.57. The second kappa shape index (κ2) is 9.58. The molecule has 2 aromatic carbocycles. The third-order valence-electron chi connectivity index (χ3n) is 4.48. The van der Waals surface area contributed by atoms with Crippen molar-refractivity contribution in [3.63, 3.8) is 0 Å². The Bertz CT molecular complexity index is 755. The number of amides is 2. The van der Waals surface area contributed by atoms with E-state index < -0.39 is 0 Å². The molecule has 0 aliphatic carbocycles. The summed E-state index contributed by atoms with van der Waals surface area (Å²) in [6.45, 7) is 1.97. The first-order valence-electron chi connectivity index (χ1n) is 9.15. The fourth-order valence-electron chi connectivity index (χ4n) is 3.07. The maximum atomic E-state index is 12.4. The van der Waals surface area contributed by atoms with Gasteiger partial charge >= 0.3 is 0 Å². The first-order chi connectivity index (χ1) is 13.1. The Morgan fingerprint density at radius 1 is 1.15 bits per heavy atom. The van der Waals surface area contributed by atoms with Gasteiger partial charge in [0.15, 0.2) is 0 Å². The zero-order valence-corrected chi connectivity index (χ0v) is 16.2. The van der Waals surface area contributed by atoms with Crippen molar-refractivity contribution in [2.45, 2.75) is 43.1 Å². The van der Waals surface area contributed by atoms with Gasteiger partial charge in [0.05, 0.1) is 6.04 Å². The maximum absolute atomic E-state index is 12.4. The minimum Gasteiger partial charge on any atom is -0.350 e. The predicted octanol–water partition coefficient (Wildman–Crippen LogP) is 2.95. The normalized spacial score (nSPS) is 20.6. The molecule has 1 aliphatic heterocycles. The summed E-state index contributed by atoms with van der Waals surface area (Å²) >= 11 is 1.62. The van der Waals surface area contributed by atoms with Crippen LogP contribution in [0.3, 0.4) is 0 Å². The molecule has 3 unspecified atom stereocenters. The number of carbonyl (C=O) groups is 2. The van der Waals surface area contributed by atoms with Crippen LogP contribution < -0.4 is 16.0 Å². The molecule has 0 radical (unpaired) electrons. The van der Waals surface area contributed by atoms with Crippen molar-refractivity contribution in [2.24, 2.45) is 0 Å². The van der Waals surface area contributed by atoms with Crippen LogP contribution in [-0.2, 0) is 15.3 Å². The lowest BCUT2D eigenvalue weighted by Crippen LogP contribution is -2.55. The van der Waals surface area contributed by atoms with Crippen LogP contribution in [0.15, 0.2) is 60.7 Å². The van der Waals surface area contributed by atoms with E-state index in [4.69, 9.17) is 0 Å². The molecule has 2 amide bonds. The standard InChI is InChI=1S/C21H25N3O2S/c1-15(17-10-6-3-7-11-17)22-19(25)12-18-13-20(26)24-21(23-18)27-14-16-8-4-2-5-9-16/h2-11,15,18,21,23H,12-14H2,1H3,(H,22,25)(H,24,26). The van der Waals surface area contributed by atoms with Crippen molar-refractivity contribution in [2.75, 3.05) is 0 Å². The van der Waals surface area contributed by atoms with Crippen LogP contribution >= 0.6 is 11.8 Å². The van der Waals surface area contributed by atoms with E-state index in [1.165, 1.54) is 5.56 Å². The Hall–Kier alpha value is -2.31. The number of hydrogen-bond acceptors (Lipinski definition) is 4. The van der Waals surface area contributed by atoms with E-state index in [0.29, 0.717) is 6.42 Å². The van der Waals surface area contributed by atoms with Gasteiger partial charge in [-0.25, -0.2) is 0 Å². The van der Waals surface area contributed by atoms with Gasteiger partial charge in [-0.2, -0.15) is 0 Å². The second-order valence-electron chi connectivity index (χ2n) is 6.72. The Kier molecular flexibility index (Phi) is 6.90. The molecule has 3 atom stereocenters. The van der Waals surface area contributed by atoms with Gasteiger partial charge in [-0.15, -0.1) is 11.8 Å². The Labute approximate surface area is 164 Å². The summed E-state index contributed by atoms with van der Waals surface area (Å²) in [4.78, 5) is 24.4. The zero-order chi connectivity index (χ0) is 19.1. The molecule has 1 saturated heterocycles. The van der Waals surface area contributed by atoms with Gasteiger partial charge in [0.25, 0.3) is 0 Å². The number of thioether (sulfide) groups is 1. The summed E-state index contributed by atoms with van der Waals surface area (Å²) in [7, 11) is 0. The molecule has 1 aliphatic rings. The van der Waals surface area contributed by atoms with Gasteiger partial charge in [-0.3, -0.25) is 14.9 Å². The highest BCUT2D eigenvalue weighted by atomic mass is 32.2. The summed E-state index contributed by atoms with van der Waals surface area (Å²) in [5.41, 5.74) is 2.09. The van der Waals surface area contributed by atoms with E-state index in [2.05, 4.69) is 28.1 Å². The lowest BCUT2D eigenvalue weighted by Gasteiger charge is -2.31. The highest BCUT2D eigenvalue weighted by Gasteiger charge is 2.27. The van der Waals surface area contributed by atoms with Crippen molar-refractivity contribution < 1.29 is 9.59 Å². The molecule has 0 saturated carbocycles. The molecule has 1 fully saturated rings. The van der Waals surface area contributed by atoms with E-state index in [9.17, 15) is 9.59 Å². The van der Waals surface area contributed by atoms with Gasteiger partial charge in [-0.1, -0.05) is 60.7 Å². The third kappa shape index (κ3) is 6.12. The Morgan fingerprint density at radius 3 is 2.52 bits per heavy atom. The molecule has 6 heteroatoms. The van der Waals surface area contributed by atoms with Crippen molar-refractivity contribution in [1.29, 1.82) is 0 Å². The first kappa shape index (κ1) is 19.5. The molecular formula is C21H25N3O2S. The van der Waals surface area contributed by atoms with Crippen LogP contribution in [0.4, 0.5) is 0 Å². The van der Waals surface area contributed by atoms with Crippen LogP contribution in [0.25, 0.3) is 0 Å². The van der Waals surface area contributed by atoms with E-state index in [1.54, 1.807) is 11.8 Å². The minimum absolute atomic E-state index is 0.0202. The summed E-state index contributed by atoms with van der Waals surface area (Å²) in [5, 5.41) is 9.32. The molecular weight excluding hydrogens is 358 g/mol. The van der Waals surface area contributed by atoms with E-state index in [0.717, 1.165) is 11.3 Å². The van der Waals surface area contributed by atoms with E-state index in [1.807, 2.05) is 55.5 Å². The van der Waals surface area contributed by atoms with E-state index in [-0.39, 0.29) is 35.8 Å². The zero-order valence-electron chi connectivity index (χ0n) is 15.4. The van der Waals surface area contributed by atoms with Crippen molar-refractivity contribution in [1.82, 2.24) is 16.0 Å². The summed E-state index contributed by atoms with van der Waals surface area (Å²) in [6, 6.07) is 19.8. The van der Waals surface area contributed by atoms with Crippen LogP contribution in [0.1, 0.15) is 36.9 Å². The summed E-state index contributed by atoms with van der Waals surface area (Å²) in [6.07, 6.45) is 0.600. The SMILES string of the molecule is CC(NC(=O)CC1CC(=O)NC(SCc2ccccc2)N1)c1ccccc1. The molecule has 0 spiro atoms. The molecule has 0 aromatic heterocycles. The molecule has 1 heterocycles. The fraction of sp³-hybridized carbons (Fsp3) is 0.333. The lowest BCUT2D eigenvalue weighted by molar-refractivity contribution is -0.125. The maximum Gasteiger partial charge on any atom is 0.223 e. The van der Waals surface area contributed by atoms with Crippen molar-refractivity contribution in [3.05, 3.63) is 71.8 Å². The Balaban J connectivity index is 1.48. The predicted molar refractivity (Wildman–Crippen MR) is 109 cm³/mol. The monoisotopic (exact) mass is 383 g/mol. The van der Waals surface area contributed by atoms with E-state index >= 15 is 0 Å². The van der Waals surface area contributed by atoms with Gasteiger partial charge in [0, 0.05) is 24.6 Å². The van der Waals surface area contributed by atoms with Gasteiger partial charge < -0.3 is 10.6 Å². The second-order valence-corrected chi connectivity index (χ2v) is 7.81. The lowest BCUT2D eigenvalue weighted by atomic mass is 10.1. The highest BCUT2D eigenvalue weighted by Crippen LogP contribution is 2.19. The number of benzene rings is 2. The minimum atomic E-state index is -0.184. The summed E-state index contributed by atoms with van der Waals surface area (Å²) in [5.74, 6) is 0.724. The average molecular weight is 384 g/mol. The van der Waals surface area contributed by atoms with Crippen LogP contribution in [-0.4, -0.2) is 23.4 Å². The topological polar surface area (TPSA) is 70.2 Å². The van der Waals surface area contributed by atoms with Gasteiger partial charge in [-0.05, 0) is 18.1 Å². The van der Waals surface area contributed by atoms with Gasteiger partial charge in [0.2, 0.25) is 11.8 Å². The number of carbonyl (C=O) groups excluding carboxylic acids is 2. The summed E-state index contributed by atoms with van der Waals surface area (Å²) < 4.78 is 0. The molecule has 5 nitrogen and oxygen atoms in total. The number of hydrogen-bond donors (Lipinski definition) is 3. The molecule has 27 heavy (non-hydrogen) atoms. The average Bonchev–Trinajstić information content (AvgIpc) is 2.67. The quantitative estimate of drug-likeness (QED) is 0.688. The highest BCUT2D eigenvalue weighted by molar-refractivity contribution is 7.99. The smallest absolute Gasteiger partial charge is 0.223 e. The Morgan fingerprint density at radius 2 is 1.81 bits per heavy atom. The van der Waals surface area contributed by atoms with Crippen molar-refractivity contribution in [3.8, 4) is 0 Å². The molecule has 142 valence electrons. The largest absolute Gasteiger partial charge is 0.350 e. The van der Waals surface area contributed by atoms with Crippen LogP contribution in [0, 0.1) is 0 Å². The molecule has 0 bridgehead atoms. The molecule has 2 aromatic rings. The number of nitrogens with one attached hydrogen (secondary N) is 3. The molecule has 3 rings (SSSR count). The van der Waals surface area contributed by atoms with Gasteiger partial charge in [0.1, 0.15) is 5.50 Å². The van der Waals surface area contributed by atoms with Crippen LogP contribution in [0.2, 0.25) is 0 Å².